The summed E-state index contributed by atoms with van der Waals surface area (Å²) in [5.41, 5.74) is 7.38. The molecule has 0 aliphatic carbocycles. The maximum Gasteiger partial charge on any atom is 0.335 e. The van der Waals surface area contributed by atoms with Crippen LogP contribution in [0.3, 0.4) is 0 Å². The van der Waals surface area contributed by atoms with E-state index in [0.29, 0.717) is 11.5 Å². The highest BCUT2D eigenvalue weighted by molar-refractivity contribution is 5.87. The third-order valence-electron chi connectivity index (χ3n) is 2.88. The van der Waals surface area contributed by atoms with E-state index in [4.69, 9.17) is 10.8 Å². The van der Waals surface area contributed by atoms with E-state index in [-0.39, 0.29) is 6.04 Å². The van der Waals surface area contributed by atoms with Crippen LogP contribution in [-0.4, -0.2) is 11.1 Å². The third kappa shape index (κ3) is 4.57. The smallest absolute Gasteiger partial charge is 0.335 e. The van der Waals surface area contributed by atoms with Crippen molar-refractivity contribution in [3.8, 4) is 0 Å². The lowest BCUT2D eigenvalue weighted by atomic mass is 9.98. The van der Waals surface area contributed by atoms with Crippen LogP contribution in [0.4, 0.5) is 0 Å². The van der Waals surface area contributed by atoms with E-state index < -0.39 is 5.97 Å². The van der Waals surface area contributed by atoms with Gasteiger partial charge in [-0.15, -0.1) is 0 Å². The molecule has 1 aromatic rings. The van der Waals surface area contributed by atoms with Gasteiger partial charge in [0.15, 0.2) is 0 Å². The molecule has 0 heterocycles. The van der Waals surface area contributed by atoms with E-state index in [9.17, 15) is 4.79 Å². The Balaban J connectivity index is 2.51. The van der Waals surface area contributed by atoms with E-state index in [1.54, 1.807) is 12.1 Å². The van der Waals surface area contributed by atoms with Gasteiger partial charge in [-0.2, -0.15) is 0 Å². The number of aromatic carboxylic acids is 1. The van der Waals surface area contributed by atoms with Gasteiger partial charge in [-0.25, -0.2) is 4.79 Å². The fraction of sp³-hybridized carbons (Fsp3) is 0.500. The van der Waals surface area contributed by atoms with Gasteiger partial charge in [0.1, 0.15) is 0 Å². The molecule has 0 aliphatic rings. The maximum atomic E-state index is 10.7. The molecule has 0 radical (unpaired) electrons. The number of hydrogen-bond donors (Lipinski definition) is 2. The molecule has 0 aliphatic heterocycles. The lowest BCUT2D eigenvalue weighted by Gasteiger charge is -2.13. The second kappa shape index (κ2) is 6.40. The Labute approximate surface area is 103 Å². The highest BCUT2D eigenvalue weighted by Crippen LogP contribution is 2.19. The van der Waals surface area contributed by atoms with Gasteiger partial charge in [0.05, 0.1) is 5.56 Å². The van der Waals surface area contributed by atoms with Crippen LogP contribution in [0.1, 0.15) is 55.1 Å². The van der Waals surface area contributed by atoms with Crippen LogP contribution in [0.2, 0.25) is 0 Å². The summed E-state index contributed by atoms with van der Waals surface area (Å²) in [5, 5.41) is 8.79. The van der Waals surface area contributed by atoms with Gasteiger partial charge in [-0.1, -0.05) is 38.8 Å². The minimum absolute atomic E-state index is 0.0107. The molecule has 94 valence electrons. The molecule has 0 aromatic heterocycles. The fourth-order valence-electron chi connectivity index (χ4n) is 1.79. The zero-order valence-electron chi connectivity index (χ0n) is 10.5. The van der Waals surface area contributed by atoms with Crippen molar-refractivity contribution in [1.82, 2.24) is 0 Å². The number of carboxylic acids is 1. The Morgan fingerprint density at radius 1 is 1.24 bits per heavy atom. The fourth-order valence-corrected chi connectivity index (χ4v) is 1.79. The zero-order valence-corrected chi connectivity index (χ0v) is 10.5. The lowest BCUT2D eigenvalue weighted by Crippen LogP contribution is -2.10. The molecule has 1 aromatic carbocycles. The first kappa shape index (κ1) is 13.7. The zero-order chi connectivity index (χ0) is 12.8. The summed E-state index contributed by atoms with van der Waals surface area (Å²) >= 11 is 0. The average molecular weight is 235 g/mol. The van der Waals surface area contributed by atoms with Crippen LogP contribution < -0.4 is 5.73 Å². The van der Waals surface area contributed by atoms with Crippen molar-refractivity contribution in [3.05, 3.63) is 35.4 Å². The molecule has 1 unspecified atom stereocenters. The molecule has 0 saturated heterocycles. The van der Waals surface area contributed by atoms with Crippen molar-refractivity contribution in [1.29, 1.82) is 0 Å². The molecule has 3 nitrogen and oxygen atoms in total. The summed E-state index contributed by atoms with van der Waals surface area (Å²) in [5.74, 6) is -0.193. The molecule has 0 saturated carbocycles. The van der Waals surface area contributed by atoms with Crippen molar-refractivity contribution in [2.45, 2.75) is 39.2 Å². The van der Waals surface area contributed by atoms with Gasteiger partial charge < -0.3 is 10.8 Å². The number of benzene rings is 1. The topological polar surface area (TPSA) is 63.3 Å². The number of carbonyl (C=O) groups is 1. The van der Waals surface area contributed by atoms with Gasteiger partial charge in [0.25, 0.3) is 0 Å². The summed E-state index contributed by atoms with van der Waals surface area (Å²) in [6.45, 7) is 4.40. The predicted molar refractivity (Wildman–Crippen MR) is 69.0 cm³/mol. The second-order valence-electron chi connectivity index (χ2n) is 4.86. The second-order valence-corrected chi connectivity index (χ2v) is 4.86. The summed E-state index contributed by atoms with van der Waals surface area (Å²) in [6, 6.07) is 6.85. The van der Waals surface area contributed by atoms with Crippen LogP contribution in [0.15, 0.2) is 24.3 Å². The summed E-state index contributed by atoms with van der Waals surface area (Å²) in [7, 11) is 0. The Bertz CT molecular complexity index is 357. The van der Waals surface area contributed by atoms with Crippen LogP contribution >= 0.6 is 0 Å². The average Bonchev–Trinajstić information content (AvgIpc) is 2.28. The van der Waals surface area contributed by atoms with Gasteiger partial charge >= 0.3 is 5.97 Å². The number of nitrogens with two attached hydrogens (primary N) is 1. The molecular formula is C14H21NO2. The molecule has 1 rings (SSSR count). The molecule has 0 bridgehead atoms. The molecule has 17 heavy (non-hydrogen) atoms. The minimum Gasteiger partial charge on any atom is -0.478 e. The minimum atomic E-state index is -0.898. The number of carboxylic acid groups (broad SMARTS) is 1. The monoisotopic (exact) mass is 235 g/mol. The van der Waals surface area contributed by atoms with E-state index >= 15 is 0 Å². The van der Waals surface area contributed by atoms with Crippen molar-refractivity contribution in [2.24, 2.45) is 11.7 Å². The molecule has 3 heteroatoms. The Morgan fingerprint density at radius 3 is 2.29 bits per heavy atom. The first-order chi connectivity index (χ1) is 8.00. The van der Waals surface area contributed by atoms with Crippen LogP contribution in [0.5, 0.6) is 0 Å². The van der Waals surface area contributed by atoms with Gasteiger partial charge in [0.2, 0.25) is 0 Å². The highest BCUT2D eigenvalue weighted by Gasteiger charge is 2.08. The van der Waals surface area contributed by atoms with Crippen molar-refractivity contribution in [2.75, 3.05) is 0 Å². The standard InChI is InChI=1S/C14H21NO2/c1-10(2)4-3-5-13(15)11-6-8-12(9-7-11)14(16)17/h6-10,13H,3-5,15H2,1-2H3,(H,16,17). The Kier molecular flexibility index (Phi) is 5.16. The molecule has 0 amide bonds. The molecule has 3 N–H and O–H groups in total. The van der Waals surface area contributed by atoms with E-state index in [1.165, 1.54) is 6.42 Å². The largest absolute Gasteiger partial charge is 0.478 e. The molecule has 1 atom stereocenters. The van der Waals surface area contributed by atoms with Gasteiger partial charge in [-0.3, -0.25) is 0 Å². The van der Waals surface area contributed by atoms with Crippen molar-refractivity contribution < 1.29 is 9.90 Å². The van der Waals surface area contributed by atoms with Crippen LogP contribution in [0.25, 0.3) is 0 Å². The summed E-state index contributed by atoms with van der Waals surface area (Å²) < 4.78 is 0. The predicted octanol–water partition coefficient (Wildman–Crippen LogP) is 3.21. The Hall–Kier alpha value is -1.35. The molecule has 0 spiro atoms. The van der Waals surface area contributed by atoms with Crippen LogP contribution in [0, 0.1) is 5.92 Å². The summed E-state index contributed by atoms with van der Waals surface area (Å²) in [4.78, 5) is 10.7. The van der Waals surface area contributed by atoms with E-state index in [0.717, 1.165) is 18.4 Å². The quantitative estimate of drug-likeness (QED) is 0.795. The molecular weight excluding hydrogens is 214 g/mol. The van der Waals surface area contributed by atoms with E-state index in [2.05, 4.69) is 13.8 Å². The lowest BCUT2D eigenvalue weighted by molar-refractivity contribution is 0.0697. The first-order valence-electron chi connectivity index (χ1n) is 6.09. The van der Waals surface area contributed by atoms with E-state index in [1.807, 2.05) is 12.1 Å². The number of hydrogen-bond acceptors (Lipinski definition) is 2. The highest BCUT2D eigenvalue weighted by atomic mass is 16.4. The first-order valence-corrected chi connectivity index (χ1v) is 6.09. The van der Waals surface area contributed by atoms with Gasteiger partial charge in [0, 0.05) is 6.04 Å². The molecule has 0 fully saturated rings. The van der Waals surface area contributed by atoms with Gasteiger partial charge in [-0.05, 0) is 30.0 Å². The SMILES string of the molecule is CC(C)CCCC(N)c1ccc(C(=O)O)cc1. The number of rotatable bonds is 6. The normalized spacial score (nSPS) is 12.7. The maximum absolute atomic E-state index is 10.7. The van der Waals surface area contributed by atoms with Crippen molar-refractivity contribution >= 4 is 5.97 Å². The Morgan fingerprint density at radius 2 is 1.82 bits per heavy atom. The summed E-state index contributed by atoms with van der Waals surface area (Å²) in [6.07, 6.45) is 3.24. The van der Waals surface area contributed by atoms with Crippen LogP contribution in [-0.2, 0) is 0 Å². The van der Waals surface area contributed by atoms with Crippen molar-refractivity contribution in [3.63, 3.8) is 0 Å². The third-order valence-corrected chi connectivity index (χ3v) is 2.88.